The summed E-state index contributed by atoms with van der Waals surface area (Å²) >= 11 is 0. The van der Waals surface area contributed by atoms with E-state index in [0.29, 0.717) is 29.8 Å². The predicted octanol–water partition coefficient (Wildman–Crippen LogP) is 0.967. The van der Waals surface area contributed by atoms with E-state index in [4.69, 9.17) is 19.5 Å². The second-order valence-corrected chi connectivity index (χ2v) is 5.18. The van der Waals surface area contributed by atoms with Gasteiger partial charge in [-0.1, -0.05) is 10.3 Å². The van der Waals surface area contributed by atoms with Crippen molar-refractivity contribution >= 4 is 0 Å². The maximum atomic E-state index is 6.13. The Morgan fingerprint density at radius 3 is 2.90 bits per heavy atom. The molecule has 2 aromatic heterocycles. The Bertz CT molecular complexity index is 576. The molecular weight excluding hydrogens is 274 g/mol. The monoisotopic (exact) mass is 293 g/mol. The molecule has 1 unspecified atom stereocenters. The van der Waals surface area contributed by atoms with Gasteiger partial charge in [0.15, 0.2) is 17.3 Å². The molecule has 3 rings (SSSR count). The van der Waals surface area contributed by atoms with Crippen LogP contribution in [0.1, 0.15) is 30.5 Å². The molecule has 2 aromatic rings. The highest BCUT2D eigenvalue weighted by molar-refractivity contribution is 5.45. The van der Waals surface area contributed by atoms with Crippen LogP contribution in [0.25, 0.3) is 11.6 Å². The second kappa shape index (κ2) is 6.33. The molecule has 21 heavy (non-hydrogen) atoms. The number of nitrogens with two attached hydrogens (primary N) is 1. The predicted molar refractivity (Wildman–Crippen MR) is 73.1 cm³/mol. The molecule has 1 fully saturated rings. The zero-order valence-corrected chi connectivity index (χ0v) is 12.0. The summed E-state index contributed by atoms with van der Waals surface area (Å²) in [7, 11) is 1.59. The molecule has 1 aliphatic rings. The van der Waals surface area contributed by atoms with E-state index in [1.54, 1.807) is 13.2 Å². The summed E-state index contributed by atoms with van der Waals surface area (Å²) in [5.41, 5.74) is 6.62. The van der Waals surface area contributed by atoms with Crippen molar-refractivity contribution in [2.45, 2.75) is 25.5 Å². The van der Waals surface area contributed by atoms with Gasteiger partial charge in [0.2, 0.25) is 0 Å². The van der Waals surface area contributed by atoms with Gasteiger partial charge in [-0.05, 0) is 25.9 Å². The summed E-state index contributed by atoms with van der Waals surface area (Å²) in [6.07, 6.45) is 2.46. The summed E-state index contributed by atoms with van der Waals surface area (Å²) < 4.78 is 15.3. The van der Waals surface area contributed by atoms with E-state index in [1.165, 1.54) is 12.8 Å². The zero-order valence-electron chi connectivity index (χ0n) is 12.0. The molecule has 1 saturated heterocycles. The van der Waals surface area contributed by atoms with Gasteiger partial charge >= 0.3 is 0 Å². The molecule has 3 heterocycles. The summed E-state index contributed by atoms with van der Waals surface area (Å²) in [6, 6.07) is 1.46. The average Bonchev–Trinajstić information content (AvgIpc) is 3.20. The SMILES string of the molecule is COCc1cc(-c2nc(C(N)CN3CCCC3)no2)no1. The highest BCUT2D eigenvalue weighted by Crippen LogP contribution is 2.20. The molecule has 0 spiro atoms. The molecule has 114 valence electrons. The van der Waals surface area contributed by atoms with E-state index in [2.05, 4.69) is 20.2 Å². The number of nitrogens with zero attached hydrogens (tertiary/aromatic N) is 4. The molecule has 0 bridgehead atoms. The highest BCUT2D eigenvalue weighted by atomic mass is 16.5. The van der Waals surface area contributed by atoms with Crippen molar-refractivity contribution in [2.75, 3.05) is 26.7 Å². The number of methoxy groups -OCH3 is 1. The van der Waals surface area contributed by atoms with Gasteiger partial charge in [0.25, 0.3) is 5.89 Å². The summed E-state index contributed by atoms with van der Waals surface area (Å²) in [6.45, 7) is 3.26. The first kappa shape index (κ1) is 14.2. The van der Waals surface area contributed by atoms with Crippen LogP contribution in [0, 0.1) is 0 Å². The lowest BCUT2D eigenvalue weighted by molar-refractivity contribution is 0.156. The van der Waals surface area contributed by atoms with Crippen molar-refractivity contribution in [3.05, 3.63) is 17.7 Å². The number of aromatic nitrogens is 3. The Morgan fingerprint density at radius 1 is 1.33 bits per heavy atom. The molecule has 0 amide bonds. The third-order valence-corrected chi connectivity index (χ3v) is 3.49. The third kappa shape index (κ3) is 3.29. The normalized spacial score (nSPS) is 17.4. The van der Waals surface area contributed by atoms with Crippen molar-refractivity contribution in [1.82, 2.24) is 20.2 Å². The van der Waals surface area contributed by atoms with E-state index >= 15 is 0 Å². The van der Waals surface area contributed by atoms with Gasteiger partial charge in [-0.2, -0.15) is 4.98 Å². The van der Waals surface area contributed by atoms with Crippen LogP contribution in [-0.2, 0) is 11.3 Å². The Labute approximate surface area is 122 Å². The van der Waals surface area contributed by atoms with Gasteiger partial charge in [-0.15, -0.1) is 0 Å². The van der Waals surface area contributed by atoms with E-state index < -0.39 is 0 Å². The molecule has 0 aromatic carbocycles. The standard InChI is InChI=1S/C13H19N5O3/c1-19-8-9-6-11(16-20-9)13-15-12(17-21-13)10(14)7-18-4-2-3-5-18/h6,10H,2-5,7-8,14H2,1H3. The summed E-state index contributed by atoms with van der Waals surface area (Å²) in [5.74, 6) is 1.41. The maximum Gasteiger partial charge on any atom is 0.280 e. The molecule has 0 radical (unpaired) electrons. The van der Waals surface area contributed by atoms with Gasteiger partial charge in [-0.25, -0.2) is 0 Å². The van der Waals surface area contributed by atoms with E-state index in [-0.39, 0.29) is 6.04 Å². The summed E-state index contributed by atoms with van der Waals surface area (Å²) in [5, 5.41) is 7.82. The molecule has 1 atom stereocenters. The Balaban J connectivity index is 1.66. The van der Waals surface area contributed by atoms with Crippen LogP contribution in [0.5, 0.6) is 0 Å². The summed E-state index contributed by atoms with van der Waals surface area (Å²) in [4.78, 5) is 6.62. The number of likely N-dealkylation sites (tertiary alicyclic amines) is 1. The van der Waals surface area contributed by atoms with Crippen LogP contribution in [0.4, 0.5) is 0 Å². The minimum atomic E-state index is -0.258. The Hall–Kier alpha value is -1.77. The number of hydrogen-bond donors (Lipinski definition) is 1. The maximum absolute atomic E-state index is 6.13. The van der Waals surface area contributed by atoms with E-state index in [1.807, 2.05) is 0 Å². The van der Waals surface area contributed by atoms with Gasteiger partial charge in [-0.3, -0.25) is 0 Å². The van der Waals surface area contributed by atoms with Gasteiger partial charge in [0.05, 0.1) is 6.04 Å². The van der Waals surface area contributed by atoms with Crippen LogP contribution in [0.15, 0.2) is 15.1 Å². The smallest absolute Gasteiger partial charge is 0.280 e. The number of hydrogen-bond acceptors (Lipinski definition) is 8. The minimum absolute atomic E-state index is 0.258. The molecule has 8 nitrogen and oxygen atoms in total. The third-order valence-electron chi connectivity index (χ3n) is 3.49. The quantitative estimate of drug-likeness (QED) is 0.840. The van der Waals surface area contributed by atoms with Crippen LogP contribution >= 0.6 is 0 Å². The fourth-order valence-electron chi connectivity index (χ4n) is 2.44. The van der Waals surface area contributed by atoms with Crippen molar-refractivity contribution in [3.63, 3.8) is 0 Å². The molecular formula is C13H19N5O3. The van der Waals surface area contributed by atoms with Gasteiger partial charge < -0.3 is 24.4 Å². The van der Waals surface area contributed by atoms with Crippen molar-refractivity contribution < 1.29 is 13.8 Å². The number of ether oxygens (including phenoxy) is 1. The van der Waals surface area contributed by atoms with Crippen LogP contribution in [-0.4, -0.2) is 46.9 Å². The average molecular weight is 293 g/mol. The minimum Gasteiger partial charge on any atom is -0.377 e. The largest absolute Gasteiger partial charge is 0.377 e. The molecule has 8 heteroatoms. The topological polar surface area (TPSA) is 103 Å². The lowest BCUT2D eigenvalue weighted by Crippen LogP contribution is -2.30. The Morgan fingerprint density at radius 2 is 2.14 bits per heavy atom. The van der Waals surface area contributed by atoms with Crippen molar-refractivity contribution in [2.24, 2.45) is 5.73 Å². The van der Waals surface area contributed by atoms with Gasteiger partial charge in [0, 0.05) is 19.7 Å². The van der Waals surface area contributed by atoms with Crippen LogP contribution in [0.3, 0.4) is 0 Å². The Kier molecular flexibility index (Phi) is 4.28. The zero-order chi connectivity index (χ0) is 14.7. The first-order valence-electron chi connectivity index (χ1n) is 7.02. The molecule has 1 aliphatic heterocycles. The fraction of sp³-hybridized carbons (Fsp3) is 0.615. The van der Waals surface area contributed by atoms with Crippen molar-refractivity contribution in [1.29, 1.82) is 0 Å². The van der Waals surface area contributed by atoms with Crippen molar-refractivity contribution in [3.8, 4) is 11.6 Å². The lowest BCUT2D eigenvalue weighted by atomic mass is 10.3. The molecule has 2 N–H and O–H groups in total. The number of rotatable bonds is 6. The second-order valence-electron chi connectivity index (χ2n) is 5.18. The van der Waals surface area contributed by atoms with E-state index in [0.717, 1.165) is 19.6 Å². The molecule has 0 saturated carbocycles. The van der Waals surface area contributed by atoms with Crippen LogP contribution < -0.4 is 5.73 Å². The first-order valence-corrected chi connectivity index (χ1v) is 7.02. The molecule has 0 aliphatic carbocycles. The van der Waals surface area contributed by atoms with Gasteiger partial charge in [0.1, 0.15) is 6.61 Å². The lowest BCUT2D eigenvalue weighted by Gasteiger charge is -2.17. The highest BCUT2D eigenvalue weighted by Gasteiger charge is 2.21. The first-order chi connectivity index (χ1) is 10.3. The van der Waals surface area contributed by atoms with E-state index in [9.17, 15) is 0 Å². The van der Waals surface area contributed by atoms with Crippen LogP contribution in [0.2, 0.25) is 0 Å². The fourth-order valence-corrected chi connectivity index (χ4v) is 2.44.